The second-order valence-electron chi connectivity index (χ2n) is 4.43. The Labute approximate surface area is 125 Å². The van der Waals surface area contributed by atoms with Gasteiger partial charge in [0.2, 0.25) is 0 Å². The lowest BCUT2D eigenvalue weighted by Crippen LogP contribution is -2.04. The van der Waals surface area contributed by atoms with Gasteiger partial charge in [-0.05, 0) is 18.2 Å². The molecule has 0 amide bonds. The Kier molecular flexibility index (Phi) is 3.65. The van der Waals surface area contributed by atoms with Crippen LogP contribution in [0, 0.1) is 0 Å². The number of hydrogen-bond acceptors (Lipinski definition) is 4. The Balaban J connectivity index is 1.87. The molecule has 0 aliphatic rings. The molecule has 20 heavy (non-hydrogen) atoms. The zero-order valence-electron chi connectivity index (χ0n) is 10.8. The number of fused-ring (bicyclic) bond motifs is 1. The molecule has 0 aliphatic carbocycles. The minimum atomic E-state index is -0.701. The number of methoxy groups -OCH3 is 1. The van der Waals surface area contributed by atoms with Crippen molar-refractivity contribution in [1.29, 1.82) is 0 Å². The molecule has 1 N–H and O–H groups in total. The van der Waals surface area contributed by atoms with Crippen molar-refractivity contribution >= 4 is 27.9 Å². The first-order chi connectivity index (χ1) is 9.67. The molecule has 3 rings (SSSR count). The van der Waals surface area contributed by atoms with Gasteiger partial charge in [-0.15, -0.1) is 11.3 Å². The summed E-state index contributed by atoms with van der Waals surface area (Å²) in [5, 5.41) is 12.9. The lowest BCUT2D eigenvalue weighted by atomic mass is 10.0. The molecule has 2 heterocycles. The topological polar surface area (TPSA) is 46.8 Å². The van der Waals surface area contributed by atoms with E-state index in [9.17, 15) is 5.11 Å². The Bertz CT molecular complexity index is 709. The summed E-state index contributed by atoms with van der Waals surface area (Å²) in [4.78, 5) is 5.39. The second-order valence-corrected chi connectivity index (χ2v) is 5.74. The summed E-state index contributed by atoms with van der Waals surface area (Å²) in [6.45, 7) is 0. The predicted octanol–water partition coefficient (Wildman–Crippen LogP) is 3.33. The molecule has 0 saturated heterocycles. The summed E-state index contributed by atoms with van der Waals surface area (Å²) in [5.41, 5.74) is 1.52. The van der Waals surface area contributed by atoms with E-state index in [0.29, 0.717) is 22.8 Å². The summed E-state index contributed by atoms with van der Waals surface area (Å²) in [5.74, 6) is 0.628. The normalized spacial score (nSPS) is 12.8. The number of thiazole rings is 1. The van der Waals surface area contributed by atoms with Gasteiger partial charge in [-0.2, -0.15) is 0 Å². The van der Waals surface area contributed by atoms with Gasteiger partial charge in [-0.1, -0.05) is 11.6 Å². The van der Waals surface area contributed by atoms with E-state index in [-0.39, 0.29) is 0 Å². The number of aliphatic hydroxyl groups excluding tert-OH is 1. The third kappa shape index (κ3) is 2.52. The van der Waals surface area contributed by atoms with Gasteiger partial charge in [0.1, 0.15) is 5.75 Å². The van der Waals surface area contributed by atoms with Gasteiger partial charge in [0.05, 0.1) is 18.9 Å². The van der Waals surface area contributed by atoms with Crippen LogP contribution in [0.2, 0.25) is 5.02 Å². The number of ether oxygens (including phenoxy) is 1. The van der Waals surface area contributed by atoms with Crippen LogP contribution in [0.3, 0.4) is 0 Å². The highest BCUT2D eigenvalue weighted by atomic mass is 35.5. The molecule has 0 aliphatic heterocycles. The molecule has 0 bridgehead atoms. The molecule has 3 aromatic rings. The van der Waals surface area contributed by atoms with E-state index in [4.69, 9.17) is 16.3 Å². The van der Waals surface area contributed by atoms with E-state index in [1.54, 1.807) is 36.6 Å². The molecule has 1 aromatic carbocycles. The van der Waals surface area contributed by atoms with Gasteiger partial charge in [0, 0.05) is 34.8 Å². The molecule has 104 valence electrons. The SMILES string of the molecule is COc1ccc(Cl)cc1C(O)Cc1cn2ccsc2n1. The summed E-state index contributed by atoms with van der Waals surface area (Å²) in [6, 6.07) is 5.22. The van der Waals surface area contributed by atoms with E-state index in [1.807, 2.05) is 22.2 Å². The van der Waals surface area contributed by atoms with E-state index >= 15 is 0 Å². The second kappa shape index (κ2) is 5.44. The summed E-state index contributed by atoms with van der Waals surface area (Å²) in [7, 11) is 1.58. The monoisotopic (exact) mass is 308 g/mol. The largest absolute Gasteiger partial charge is 0.496 e. The highest BCUT2D eigenvalue weighted by Gasteiger charge is 2.16. The Morgan fingerprint density at radius 3 is 3.10 bits per heavy atom. The van der Waals surface area contributed by atoms with Gasteiger partial charge < -0.3 is 9.84 Å². The van der Waals surface area contributed by atoms with Crippen LogP contribution in [-0.4, -0.2) is 21.6 Å². The van der Waals surface area contributed by atoms with Crippen LogP contribution in [0.25, 0.3) is 4.96 Å². The first kappa shape index (κ1) is 13.4. The summed E-state index contributed by atoms with van der Waals surface area (Å²) in [6.07, 6.45) is 3.59. The van der Waals surface area contributed by atoms with Gasteiger partial charge >= 0.3 is 0 Å². The van der Waals surface area contributed by atoms with Crippen molar-refractivity contribution in [3.05, 3.63) is 52.3 Å². The number of halogens is 1. The van der Waals surface area contributed by atoms with Crippen LogP contribution >= 0.6 is 22.9 Å². The van der Waals surface area contributed by atoms with Gasteiger partial charge in [-0.3, -0.25) is 4.40 Å². The van der Waals surface area contributed by atoms with E-state index in [2.05, 4.69) is 4.98 Å². The number of aliphatic hydroxyl groups is 1. The molecule has 1 unspecified atom stereocenters. The molecule has 2 aromatic heterocycles. The predicted molar refractivity (Wildman–Crippen MR) is 79.7 cm³/mol. The van der Waals surface area contributed by atoms with Crippen LogP contribution in [0.4, 0.5) is 0 Å². The first-order valence-corrected chi connectivity index (χ1v) is 7.35. The minimum absolute atomic E-state index is 0.422. The Morgan fingerprint density at radius 1 is 1.50 bits per heavy atom. The summed E-state index contributed by atoms with van der Waals surface area (Å²) >= 11 is 7.55. The fraction of sp³-hybridized carbons (Fsp3) is 0.214. The zero-order chi connectivity index (χ0) is 14.1. The molecular formula is C14H13ClN2O2S. The maximum atomic E-state index is 10.4. The number of rotatable bonds is 4. The minimum Gasteiger partial charge on any atom is -0.496 e. The third-order valence-corrected chi connectivity index (χ3v) is 4.10. The fourth-order valence-corrected chi connectivity index (χ4v) is 3.05. The van der Waals surface area contributed by atoms with Crippen LogP contribution in [0.5, 0.6) is 5.75 Å². The fourth-order valence-electron chi connectivity index (χ4n) is 2.15. The van der Waals surface area contributed by atoms with E-state index in [1.165, 1.54) is 0 Å². The van der Waals surface area contributed by atoms with Crippen LogP contribution in [0.15, 0.2) is 36.0 Å². The van der Waals surface area contributed by atoms with E-state index < -0.39 is 6.10 Å². The van der Waals surface area contributed by atoms with Crippen molar-refractivity contribution in [3.63, 3.8) is 0 Å². The van der Waals surface area contributed by atoms with Crippen LogP contribution in [-0.2, 0) is 6.42 Å². The smallest absolute Gasteiger partial charge is 0.193 e. The number of nitrogens with zero attached hydrogens (tertiary/aromatic N) is 2. The molecule has 1 atom stereocenters. The highest BCUT2D eigenvalue weighted by molar-refractivity contribution is 7.15. The third-order valence-electron chi connectivity index (χ3n) is 3.10. The lowest BCUT2D eigenvalue weighted by Gasteiger charge is -2.14. The highest BCUT2D eigenvalue weighted by Crippen LogP contribution is 2.30. The molecule has 0 saturated carbocycles. The van der Waals surface area contributed by atoms with Crippen molar-refractivity contribution in [2.45, 2.75) is 12.5 Å². The molecule has 0 fully saturated rings. The van der Waals surface area contributed by atoms with Gasteiger partial charge in [0.15, 0.2) is 4.96 Å². The lowest BCUT2D eigenvalue weighted by molar-refractivity contribution is 0.173. The first-order valence-electron chi connectivity index (χ1n) is 6.10. The van der Waals surface area contributed by atoms with Crippen LogP contribution < -0.4 is 4.74 Å². The molecular weight excluding hydrogens is 296 g/mol. The maximum absolute atomic E-state index is 10.4. The molecule has 0 spiro atoms. The zero-order valence-corrected chi connectivity index (χ0v) is 12.4. The molecule has 0 radical (unpaired) electrons. The Hall–Kier alpha value is -1.56. The van der Waals surface area contributed by atoms with Gasteiger partial charge in [-0.25, -0.2) is 4.98 Å². The number of imidazole rings is 1. The van der Waals surface area contributed by atoms with Crippen molar-refractivity contribution in [1.82, 2.24) is 9.38 Å². The van der Waals surface area contributed by atoms with Crippen molar-refractivity contribution < 1.29 is 9.84 Å². The average molecular weight is 309 g/mol. The number of aromatic nitrogens is 2. The van der Waals surface area contributed by atoms with E-state index in [0.717, 1.165) is 10.7 Å². The Morgan fingerprint density at radius 2 is 2.35 bits per heavy atom. The standard InChI is InChI=1S/C14H13ClN2O2S/c1-19-13-3-2-9(15)6-11(13)12(18)7-10-8-17-4-5-20-14(17)16-10/h2-6,8,12,18H,7H2,1H3. The van der Waals surface area contributed by atoms with Crippen molar-refractivity contribution in [2.75, 3.05) is 7.11 Å². The quantitative estimate of drug-likeness (QED) is 0.804. The van der Waals surface area contributed by atoms with Gasteiger partial charge in [0.25, 0.3) is 0 Å². The number of hydrogen-bond donors (Lipinski definition) is 1. The molecule has 4 nitrogen and oxygen atoms in total. The van der Waals surface area contributed by atoms with Crippen molar-refractivity contribution in [2.24, 2.45) is 0 Å². The van der Waals surface area contributed by atoms with Crippen LogP contribution in [0.1, 0.15) is 17.4 Å². The number of benzene rings is 1. The molecule has 6 heteroatoms. The van der Waals surface area contributed by atoms with Crippen molar-refractivity contribution in [3.8, 4) is 5.75 Å². The maximum Gasteiger partial charge on any atom is 0.193 e. The summed E-state index contributed by atoms with van der Waals surface area (Å²) < 4.78 is 7.21. The average Bonchev–Trinajstić information content (AvgIpc) is 2.99.